The third kappa shape index (κ3) is 2.48. The molecule has 0 atom stereocenters. The van der Waals surface area contributed by atoms with Gasteiger partial charge in [-0.05, 0) is 31.7 Å². The first-order valence-electron chi connectivity index (χ1n) is 7.30. The molecule has 2 saturated heterocycles. The van der Waals surface area contributed by atoms with Crippen LogP contribution >= 0.6 is 0 Å². The van der Waals surface area contributed by atoms with Crippen molar-refractivity contribution in [2.24, 2.45) is 0 Å². The van der Waals surface area contributed by atoms with Crippen LogP contribution in [0.5, 0.6) is 0 Å². The van der Waals surface area contributed by atoms with Crippen LogP contribution in [0.4, 0.5) is 11.4 Å². The van der Waals surface area contributed by atoms with Crippen LogP contribution in [-0.4, -0.2) is 41.1 Å². The second-order valence-corrected chi connectivity index (χ2v) is 5.36. The number of nitro groups is 1. The van der Waals surface area contributed by atoms with Crippen molar-refractivity contribution in [3.8, 4) is 0 Å². The van der Waals surface area contributed by atoms with Crippen molar-refractivity contribution in [2.45, 2.75) is 25.7 Å². The van der Waals surface area contributed by atoms with Crippen LogP contribution in [0.25, 0.3) is 0 Å². The molecule has 1 aromatic rings. The molecule has 6 heteroatoms. The quantitative estimate of drug-likeness (QED) is 0.624. The van der Waals surface area contributed by atoms with Gasteiger partial charge < -0.3 is 0 Å². The Kier molecular flexibility index (Phi) is 3.84. The van der Waals surface area contributed by atoms with Gasteiger partial charge in [-0.3, -0.25) is 10.1 Å². The summed E-state index contributed by atoms with van der Waals surface area (Å²) in [5, 5.41) is 17.9. The van der Waals surface area contributed by atoms with Crippen molar-refractivity contribution < 1.29 is 4.92 Å². The number of rotatable bonds is 4. The zero-order chi connectivity index (χ0) is 13.9. The van der Waals surface area contributed by atoms with Gasteiger partial charge in [-0.25, -0.2) is 15.1 Å². The molecule has 3 rings (SSSR count). The number of nitro benzene ring substituents is 1. The fourth-order valence-corrected chi connectivity index (χ4v) is 3.05. The molecule has 2 aliphatic rings. The standard InChI is InChI=1S/C14H20N4O2/c19-18(20)14-8-2-1-7-13(14)17(15-9-3-4-10-15)16-11-5-6-12-16/h1-2,7-8H,3-6,9-12H2. The average molecular weight is 276 g/mol. The van der Waals surface area contributed by atoms with Crippen molar-refractivity contribution in [1.29, 1.82) is 0 Å². The van der Waals surface area contributed by atoms with E-state index in [1.165, 1.54) is 0 Å². The molecule has 0 aromatic heterocycles. The number of anilines is 1. The molecule has 0 N–H and O–H groups in total. The lowest BCUT2D eigenvalue weighted by molar-refractivity contribution is -0.384. The maximum absolute atomic E-state index is 11.3. The maximum Gasteiger partial charge on any atom is 0.295 e. The van der Waals surface area contributed by atoms with Crippen molar-refractivity contribution >= 4 is 11.4 Å². The summed E-state index contributed by atoms with van der Waals surface area (Å²) in [5.74, 6) is 0. The summed E-state index contributed by atoms with van der Waals surface area (Å²) in [7, 11) is 0. The van der Waals surface area contributed by atoms with Gasteiger partial charge in [0.15, 0.2) is 0 Å². The Morgan fingerprint density at radius 1 is 0.950 bits per heavy atom. The minimum Gasteiger partial charge on any atom is -0.258 e. The van der Waals surface area contributed by atoms with E-state index >= 15 is 0 Å². The molecule has 0 amide bonds. The van der Waals surface area contributed by atoms with Gasteiger partial charge in [0.2, 0.25) is 0 Å². The molecule has 0 saturated carbocycles. The number of hydrogen-bond acceptors (Lipinski definition) is 5. The number of benzene rings is 1. The molecule has 0 bridgehead atoms. The molecule has 0 spiro atoms. The molecule has 2 fully saturated rings. The van der Waals surface area contributed by atoms with Crippen molar-refractivity contribution in [1.82, 2.24) is 10.0 Å². The third-order valence-electron chi connectivity index (χ3n) is 3.99. The van der Waals surface area contributed by atoms with E-state index in [1.54, 1.807) is 12.1 Å². The van der Waals surface area contributed by atoms with Gasteiger partial charge in [0.25, 0.3) is 5.69 Å². The molecule has 0 unspecified atom stereocenters. The van der Waals surface area contributed by atoms with Crippen LogP contribution in [0.15, 0.2) is 24.3 Å². The second-order valence-electron chi connectivity index (χ2n) is 5.36. The molecule has 2 aliphatic heterocycles. The van der Waals surface area contributed by atoms with Gasteiger partial charge in [0.05, 0.1) is 4.92 Å². The first-order valence-corrected chi connectivity index (χ1v) is 7.30. The lowest BCUT2D eigenvalue weighted by Gasteiger charge is -2.39. The Balaban J connectivity index is 1.97. The average Bonchev–Trinajstić information content (AvgIpc) is 3.13. The number of hydrazine groups is 2. The first-order chi connectivity index (χ1) is 9.77. The lowest BCUT2D eigenvalue weighted by atomic mass is 10.2. The van der Waals surface area contributed by atoms with Gasteiger partial charge in [-0.1, -0.05) is 12.1 Å². The summed E-state index contributed by atoms with van der Waals surface area (Å²) in [6.07, 6.45) is 4.63. The lowest BCUT2D eigenvalue weighted by Crippen LogP contribution is -2.51. The summed E-state index contributed by atoms with van der Waals surface area (Å²) >= 11 is 0. The molecule has 0 aliphatic carbocycles. The van der Waals surface area contributed by atoms with E-state index < -0.39 is 0 Å². The van der Waals surface area contributed by atoms with Crippen molar-refractivity contribution in [2.75, 3.05) is 31.3 Å². The zero-order valence-corrected chi connectivity index (χ0v) is 11.6. The highest BCUT2D eigenvalue weighted by molar-refractivity contribution is 5.61. The smallest absolute Gasteiger partial charge is 0.258 e. The predicted octanol–water partition coefficient (Wildman–Crippen LogP) is 2.42. The Hall–Kier alpha value is -1.66. The first kappa shape index (κ1) is 13.3. The number of para-hydroxylation sites is 2. The number of hydrogen-bond donors (Lipinski definition) is 0. The third-order valence-corrected chi connectivity index (χ3v) is 3.99. The Morgan fingerprint density at radius 2 is 1.45 bits per heavy atom. The fourth-order valence-electron chi connectivity index (χ4n) is 3.05. The zero-order valence-electron chi connectivity index (χ0n) is 11.6. The molecule has 20 heavy (non-hydrogen) atoms. The molecule has 0 radical (unpaired) electrons. The molecule has 6 nitrogen and oxygen atoms in total. The minimum absolute atomic E-state index is 0.186. The van der Waals surface area contributed by atoms with E-state index in [4.69, 9.17) is 0 Å². The fraction of sp³-hybridized carbons (Fsp3) is 0.571. The van der Waals surface area contributed by atoms with Crippen molar-refractivity contribution in [3.63, 3.8) is 0 Å². The van der Waals surface area contributed by atoms with E-state index in [-0.39, 0.29) is 10.6 Å². The Bertz CT molecular complexity index is 466. The Labute approximate surface area is 118 Å². The maximum atomic E-state index is 11.3. The largest absolute Gasteiger partial charge is 0.295 e. The van der Waals surface area contributed by atoms with Gasteiger partial charge in [0.1, 0.15) is 5.69 Å². The van der Waals surface area contributed by atoms with Crippen molar-refractivity contribution in [3.05, 3.63) is 34.4 Å². The molecule has 108 valence electrons. The van der Waals surface area contributed by atoms with Crippen LogP contribution in [0.2, 0.25) is 0 Å². The van der Waals surface area contributed by atoms with E-state index in [9.17, 15) is 10.1 Å². The summed E-state index contributed by atoms with van der Waals surface area (Å²) in [6.45, 7) is 3.90. The van der Waals surface area contributed by atoms with Crippen LogP contribution in [0.3, 0.4) is 0 Å². The monoisotopic (exact) mass is 276 g/mol. The number of nitrogens with zero attached hydrogens (tertiary/aromatic N) is 4. The summed E-state index contributed by atoms with van der Waals surface area (Å²) in [6, 6.07) is 7.05. The van der Waals surface area contributed by atoms with Gasteiger partial charge in [-0.2, -0.15) is 0 Å². The summed E-state index contributed by atoms with van der Waals surface area (Å²) < 4.78 is 0. The SMILES string of the molecule is O=[N+]([O-])c1ccccc1N(N1CCCC1)N1CCCC1. The van der Waals surface area contributed by atoms with Crippen LogP contribution in [0, 0.1) is 10.1 Å². The summed E-state index contributed by atoms with van der Waals surface area (Å²) in [4.78, 5) is 11.0. The highest BCUT2D eigenvalue weighted by Crippen LogP contribution is 2.32. The topological polar surface area (TPSA) is 52.9 Å². The van der Waals surface area contributed by atoms with E-state index in [0.29, 0.717) is 5.69 Å². The van der Waals surface area contributed by atoms with Gasteiger partial charge in [-0.15, -0.1) is 0 Å². The van der Waals surface area contributed by atoms with E-state index in [2.05, 4.69) is 15.1 Å². The summed E-state index contributed by atoms with van der Waals surface area (Å²) in [5.41, 5.74) is 0.882. The normalized spacial score (nSPS) is 20.4. The van der Waals surface area contributed by atoms with Crippen LogP contribution in [-0.2, 0) is 0 Å². The second kappa shape index (κ2) is 5.76. The van der Waals surface area contributed by atoms with Crippen LogP contribution < -0.4 is 5.12 Å². The molecular weight excluding hydrogens is 256 g/mol. The van der Waals surface area contributed by atoms with Gasteiger partial charge in [0, 0.05) is 32.2 Å². The van der Waals surface area contributed by atoms with E-state index in [0.717, 1.165) is 51.9 Å². The highest BCUT2D eigenvalue weighted by Gasteiger charge is 2.31. The van der Waals surface area contributed by atoms with Crippen LogP contribution in [0.1, 0.15) is 25.7 Å². The van der Waals surface area contributed by atoms with E-state index in [1.807, 2.05) is 12.1 Å². The molecular formula is C14H20N4O2. The minimum atomic E-state index is -0.283. The predicted molar refractivity (Wildman–Crippen MR) is 77.2 cm³/mol. The van der Waals surface area contributed by atoms with Gasteiger partial charge >= 0.3 is 0 Å². The molecule has 2 heterocycles. The highest BCUT2D eigenvalue weighted by atomic mass is 16.6. The Morgan fingerprint density at radius 3 is 1.95 bits per heavy atom. The molecule has 1 aromatic carbocycles.